The van der Waals surface area contributed by atoms with E-state index in [1.165, 1.54) is 0 Å². The zero-order valence-corrected chi connectivity index (χ0v) is 10.7. The third-order valence-corrected chi connectivity index (χ3v) is 2.86. The van der Waals surface area contributed by atoms with Gasteiger partial charge in [0.1, 0.15) is 0 Å². The largest absolute Gasteiger partial charge is 0.389 e. The van der Waals surface area contributed by atoms with Gasteiger partial charge in [0.2, 0.25) is 5.91 Å². The van der Waals surface area contributed by atoms with Gasteiger partial charge in [0.25, 0.3) is 0 Å². The normalized spacial score (nSPS) is 14.1. The fraction of sp³-hybridized carbons (Fsp3) is 0.750. The molecule has 1 unspecified atom stereocenters. The number of aliphatic hydroxyl groups is 1. The van der Waals surface area contributed by atoms with Gasteiger partial charge >= 0.3 is 0 Å². The monoisotopic (exact) mass is 226 g/mol. The lowest BCUT2D eigenvalue weighted by Gasteiger charge is -2.40. The summed E-state index contributed by atoms with van der Waals surface area (Å²) < 4.78 is 0. The molecule has 0 aromatic carbocycles. The van der Waals surface area contributed by atoms with Crippen LogP contribution in [0.5, 0.6) is 0 Å². The summed E-state index contributed by atoms with van der Waals surface area (Å²) in [6.45, 7) is 9.04. The molecule has 0 rings (SSSR count). The van der Waals surface area contributed by atoms with Crippen LogP contribution in [0.1, 0.15) is 34.6 Å². The Kier molecular flexibility index (Phi) is 4.98. The third-order valence-electron chi connectivity index (χ3n) is 2.86. The zero-order chi connectivity index (χ0) is 13.0. The molecule has 0 spiro atoms. The van der Waals surface area contributed by atoms with Gasteiger partial charge in [-0.2, -0.15) is 0 Å². The van der Waals surface area contributed by atoms with E-state index in [4.69, 9.17) is 6.42 Å². The maximum atomic E-state index is 11.6. The molecule has 0 aliphatic carbocycles. The Morgan fingerprint density at radius 2 is 1.94 bits per heavy atom. The van der Waals surface area contributed by atoms with Crippen molar-refractivity contribution in [2.75, 3.05) is 6.54 Å². The summed E-state index contributed by atoms with van der Waals surface area (Å²) in [5.74, 6) is 2.17. The van der Waals surface area contributed by atoms with E-state index in [-0.39, 0.29) is 12.5 Å². The highest BCUT2D eigenvalue weighted by Crippen LogP contribution is 2.20. The molecule has 0 radical (unpaired) electrons. The van der Waals surface area contributed by atoms with Crippen molar-refractivity contribution >= 4 is 5.91 Å². The van der Waals surface area contributed by atoms with E-state index in [1.54, 1.807) is 20.8 Å². The molecule has 4 heteroatoms. The van der Waals surface area contributed by atoms with E-state index in [9.17, 15) is 9.90 Å². The van der Waals surface area contributed by atoms with Gasteiger partial charge in [-0.15, -0.1) is 6.42 Å². The summed E-state index contributed by atoms with van der Waals surface area (Å²) >= 11 is 0. The second-order valence-electron chi connectivity index (χ2n) is 4.97. The fourth-order valence-electron chi connectivity index (χ4n) is 1.07. The van der Waals surface area contributed by atoms with Gasteiger partial charge in [0.15, 0.2) is 0 Å². The molecular formula is C12H22N2O2. The molecule has 0 bridgehead atoms. The second kappa shape index (κ2) is 5.33. The Labute approximate surface area is 97.8 Å². The van der Waals surface area contributed by atoms with E-state index >= 15 is 0 Å². The van der Waals surface area contributed by atoms with E-state index in [0.29, 0.717) is 0 Å². The summed E-state index contributed by atoms with van der Waals surface area (Å²) in [5, 5.41) is 15.6. The first kappa shape index (κ1) is 14.9. The van der Waals surface area contributed by atoms with Crippen molar-refractivity contribution in [3.63, 3.8) is 0 Å². The Morgan fingerprint density at radius 3 is 2.31 bits per heavy atom. The minimum atomic E-state index is -0.923. The highest BCUT2D eigenvalue weighted by atomic mass is 16.3. The number of hydrogen-bond acceptors (Lipinski definition) is 3. The van der Waals surface area contributed by atoms with Crippen molar-refractivity contribution < 1.29 is 9.90 Å². The summed E-state index contributed by atoms with van der Waals surface area (Å²) in [6.07, 6.45) is 5.05. The van der Waals surface area contributed by atoms with Crippen molar-refractivity contribution in [3.8, 4) is 12.3 Å². The van der Waals surface area contributed by atoms with Crippen molar-refractivity contribution in [2.24, 2.45) is 0 Å². The molecule has 0 aliphatic heterocycles. The van der Waals surface area contributed by atoms with Crippen LogP contribution in [-0.2, 0) is 4.79 Å². The Hall–Kier alpha value is -1.05. The van der Waals surface area contributed by atoms with Crippen molar-refractivity contribution in [1.82, 2.24) is 10.6 Å². The topological polar surface area (TPSA) is 61.4 Å². The number of hydrogen-bond donors (Lipinski definition) is 3. The number of terminal acetylenes is 1. The smallest absolute Gasteiger partial charge is 0.237 e. The lowest BCUT2D eigenvalue weighted by molar-refractivity contribution is -0.123. The van der Waals surface area contributed by atoms with Crippen LogP contribution in [0, 0.1) is 12.3 Å². The summed E-state index contributed by atoms with van der Waals surface area (Å²) in [7, 11) is 0. The van der Waals surface area contributed by atoms with Gasteiger partial charge in [-0.25, -0.2) is 0 Å². The standard InChI is InChI=1S/C12H22N2O2/c1-7-8-13-10(15)9(2)14-11(3,4)12(5,6)16/h1,9,14,16H,8H2,2-6H3,(H,13,15). The van der Waals surface area contributed by atoms with Crippen LogP contribution >= 0.6 is 0 Å². The third kappa shape index (κ3) is 4.21. The highest BCUT2D eigenvalue weighted by Gasteiger charge is 2.36. The Morgan fingerprint density at radius 1 is 1.44 bits per heavy atom. The minimum absolute atomic E-state index is 0.171. The average molecular weight is 226 g/mol. The molecule has 0 aliphatic rings. The first-order valence-corrected chi connectivity index (χ1v) is 5.33. The lowest BCUT2D eigenvalue weighted by Crippen LogP contribution is -2.61. The number of rotatable bonds is 5. The van der Waals surface area contributed by atoms with Crippen LogP contribution in [0.15, 0.2) is 0 Å². The quantitative estimate of drug-likeness (QED) is 0.589. The molecule has 1 amide bonds. The van der Waals surface area contributed by atoms with Gasteiger partial charge in [0, 0.05) is 5.54 Å². The van der Waals surface area contributed by atoms with Crippen LogP contribution in [0.3, 0.4) is 0 Å². The second-order valence-corrected chi connectivity index (χ2v) is 4.97. The number of nitrogens with one attached hydrogen (secondary N) is 2. The number of amides is 1. The van der Waals surface area contributed by atoms with Crippen LogP contribution in [-0.4, -0.2) is 34.7 Å². The Bertz CT molecular complexity index is 284. The lowest BCUT2D eigenvalue weighted by atomic mass is 9.85. The van der Waals surface area contributed by atoms with Crippen LogP contribution < -0.4 is 10.6 Å². The molecule has 0 fully saturated rings. The fourth-order valence-corrected chi connectivity index (χ4v) is 1.07. The molecule has 16 heavy (non-hydrogen) atoms. The van der Waals surface area contributed by atoms with Crippen molar-refractivity contribution in [3.05, 3.63) is 0 Å². The molecule has 3 N–H and O–H groups in total. The molecule has 0 aromatic rings. The molecule has 0 saturated heterocycles. The average Bonchev–Trinajstić information content (AvgIpc) is 2.11. The van der Waals surface area contributed by atoms with Crippen molar-refractivity contribution in [2.45, 2.75) is 51.8 Å². The summed E-state index contributed by atoms with van der Waals surface area (Å²) in [6, 6.07) is -0.408. The first-order chi connectivity index (χ1) is 7.12. The summed E-state index contributed by atoms with van der Waals surface area (Å²) in [5.41, 5.74) is -1.49. The van der Waals surface area contributed by atoms with Gasteiger partial charge < -0.3 is 10.4 Å². The highest BCUT2D eigenvalue weighted by molar-refractivity contribution is 5.81. The molecular weight excluding hydrogens is 204 g/mol. The molecule has 1 atom stereocenters. The van der Waals surface area contributed by atoms with Gasteiger partial charge in [-0.1, -0.05) is 5.92 Å². The van der Waals surface area contributed by atoms with E-state index < -0.39 is 17.2 Å². The molecule has 0 heterocycles. The van der Waals surface area contributed by atoms with Gasteiger partial charge in [-0.3, -0.25) is 10.1 Å². The van der Waals surface area contributed by atoms with Crippen LogP contribution in [0.25, 0.3) is 0 Å². The summed E-state index contributed by atoms with van der Waals surface area (Å²) in [4.78, 5) is 11.6. The predicted octanol–water partition coefficient (Wildman–Crippen LogP) is 0.263. The SMILES string of the molecule is C#CCNC(=O)C(C)NC(C)(C)C(C)(C)O. The predicted molar refractivity (Wildman–Crippen MR) is 64.8 cm³/mol. The van der Waals surface area contributed by atoms with E-state index in [0.717, 1.165) is 0 Å². The van der Waals surface area contributed by atoms with Crippen LogP contribution in [0.2, 0.25) is 0 Å². The maximum absolute atomic E-state index is 11.6. The Balaban J connectivity index is 4.40. The first-order valence-electron chi connectivity index (χ1n) is 5.33. The van der Waals surface area contributed by atoms with Crippen molar-refractivity contribution in [1.29, 1.82) is 0 Å². The molecule has 0 saturated carbocycles. The number of carbonyl (C=O) groups is 1. The maximum Gasteiger partial charge on any atom is 0.237 e. The number of carbonyl (C=O) groups excluding carboxylic acids is 1. The molecule has 0 aromatic heterocycles. The molecule has 4 nitrogen and oxygen atoms in total. The zero-order valence-electron chi connectivity index (χ0n) is 10.7. The van der Waals surface area contributed by atoms with E-state index in [2.05, 4.69) is 16.6 Å². The van der Waals surface area contributed by atoms with Gasteiger partial charge in [0.05, 0.1) is 18.2 Å². The molecule has 92 valence electrons. The van der Waals surface area contributed by atoms with Gasteiger partial charge in [-0.05, 0) is 34.6 Å². The van der Waals surface area contributed by atoms with Crippen LogP contribution in [0.4, 0.5) is 0 Å². The minimum Gasteiger partial charge on any atom is -0.389 e. The van der Waals surface area contributed by atoms with E-state index in [1.807, 2.05) is 13.8 Å².